The number of halogens is 1. The average molecular weight is 428 g/mol. The minimum absolute atomic E-state index is 0.0391. The van der Waals surface area contributed by atoms with E-state index in [0.717, 1.165) is 50.5 Å². The van der Waals surface area contributed by atoms with Crippen LogP contribution in [0.2, 0.25) is 5.02 Å². The van der Waals surface area contributed by atoms with Crippen molar-refractivity contribution in [2.75, 3.05) is 49.6 Å². The van der Waals surface area contributed by atoms with Crippen molar-refractivity contribution in [1.29, 1.82) is 0 Å². The Labute approximate surface area is 181 Å². The molecule has 4 rings (SSSR count). The first-order chi connectivity index (χ1) is 14.6. The summed E-state index contributed by atoms with van der Waals surface area (Å²) in [6, 6.07) is 14.8. The van der Waals surface area contributed by atoms with Gasteiger partial charge in [-0.2, -0.15) is 0 Å². The van der Waals surface area contributed by atoms with E-state index in [4.69, 9.17) is 16.3 Å². The number of nitrogens with zero attached hydrogens (tertiary/aromatic N) is 2. The average Bonchev–Trinajstić information content (AvgIpc) is 2.80. The number of morpholine rings is 1. The van der Waals surface area contributed by atoms with Crippen molar-refractivity contribution in [1.82, 2.24) is 4.90 Å². The summed E-state index contributed by atoms with van der Waals surface area (Å²) >= 11 is 5.91. The Bertz CT molecular complexity index is 880. The number of piperidine rings is 1. The van der Waals surface area contributed by atoms with E-state index in [-0.39, 0.29) is 17.7 Å². The van der Waals surface area contributed by atoms with Crippen LogP contribution >= 0.6 is 11.6 Å². The first kappa shape index (κ1) is 20.7. The molecule has 2 saturated heterocycles. The third-order valence-electron chi connectivity index (χ3n) is 5.68. The highest BCUT2D eigenvalue weighted by atomic mass is 35.5. The van der Waals surface area contributed by atoms with E-state index in [2.05, 4.69) is 10.2 Å². The topological polar surface area (TPSA) is 61.9 Å². The molecule has 0 bridgehead atoms. The first-order valence-corrected chi connectivity index (χ1v) is 10.8. The molecule has 2 aromatic carbocycles. The van der Waals surface area contributed by atoms with Crippen LogP contribution in [-0.2, 0) is 9.53 Å². The lowest BCUT2D eigenvalue weighted by Gasteiger charge is -2.32. The molecule has 0 aromatic heterocycles. The molecule has 0 unspecified atom stereocenters. The van der Waals surface area contributed by atoms with Crippen molar-refractivity contribution in [3.05, 3.63) is 59.1 Å². The van der Waals surface area contributed by atoms with Gasteiger partial charge in [0.15, 0.2) is 0 Å². The van der Waals surface area contributed by atoms with Gasteiger partial charge >= 0.3 is 0 Å². The fourth-order valence-electron chi connectivity index (χ4n) is 3.97. The number of amides is 2. The zero-order chi connectivity index (χ0) is 20.9. The number of benzene rings is 2. The molecule has 0 spiro atoms. The lowest BCUT2D eigenvalue weighted by Crippen LogP contribution is -2.43. The number of likely N-dealkylation sites (tertiary alicyclic amines) is 1. The van der Waals surface area contributed by atoms with Crippen LogP contribution in [0.25, 0.3) is 0 Å². The molecule has 1 atom stereocenters. The number of hydrogen-bond donors (Lipinski definition) is 1. The molecule has 0 aliphatic carbocycles. The Kier molecular flexibility index (Phi) is 6.55. The number of hydrogen-bond acceptors (Lipinski definition) is 4. The third-order valence-corrected chi connectivity index (χ3v) is 5.93. The van der Waals surface area contributed by atoms with Gasteiger partial charge in [-0.1, -0.05) is 11.6 Å². The van der Waals surface area contributed by atoms with Gasteiger partial charge < -0.3 is 19.9 Å². The van der Waals surface area contributed by atoms with Gasteiger partial charge in [-0.15, -0.1) is 0 Å². The van der Waals surface area contributed by atoms with E-state index in [1.54, 1.807) is 29.2 Å². The number of carbonyl (C=O) groups is 2. The second-order valence-corrected chi connectivity index (χ2v) is 8.17. The highest BCUT2D eigenvalue weighted by Crippen LogP contribution is 2.23. The molecule has 2 aliphatic heterocycles. The summed E-state index contributed by atoms with van der Waals surface area (Å²) in [6.45, 7) is 4.34. The Morgan fingerprint density at radius 1 is 0.967 bits per heavy atom. The van der Waals surface area contributed by atoms with Gasteiger partial charge in [0.05, 0.1) is 19.1 Å². The van der Waals surface area contributed by atoms with Crippen molar-refractivity contribution in [3.8, 4) is 0 Å². The summed E-state index contributed by atoms with van der Waals surface area (Å²) in [7, 11) is 0. The quantitative estimate of drug-likeness (QED) is 0.808. The fraction of sp³-hybridized carbons (Fsp3) is 0.391. The van der Waals surface area contributed by atoms with E-state index in [1.807, 2.05) is 24.3 Å². The number of rotatable bonds is 4. The first-order valence-electron chi connectivity index (χ1n) is 10.4. The highest BCUT2D eigenvalue weighted by molar-refractivity contribution is 6.30. The van der Waals surface area contributed by atoms with Crippen LogP contribution in [0.4, 0.5) is 11.4 Å². The third kappa shape index (κ3) is 4.94. The lowest BCUT2D eigenvalue weighted by atomic mass is 9.96. The van der Waals surface area contributed by atoms with Gasteiger partial charge in [0.1, 0.15) is 0 Å². The molecule has 2 heterocycles. The summed E-state index contributed by atoms with van der Waals surface area (Å²) in [5.41, 5.74) is 2.51. The molecule has 30 heavy (non-hydrogen) atoms. The van der Waals surface area contributed by atoms with Gasteiger partial charge in [0, 0.05) is 48.1 Å². The van der Waals surface area contributed by atoms with E-state index in [9.17, 15) is 9.59 Å². The Morgan fingerprint density at radius 2 is 1.67 bits per heavy atom. The van der Waals surface area contributed by atoms with Crippen LogP contribution in [0, 0.1) is 5.92 Å². The molecule has 2 aliphatic rings. The predicted molar refractivity (Wildman–Crippen MR) is 118 cm³/mol. The van der Waals surface area contributed by atoms with Crippen molar-refractivity contribution in [2.24, 2.45) is 5.92 Å². The minimum Gasteiger partial charge on any atom is -0.378 e. The number of anilines is 2. The Balaban J connectivity index is 1.35. The molecule has 158 valence electrons. The molecule has 7 heteroatoms. The highest BCUT2D eigenvalue weighted by Gasteiger charge is 2.29. The smallest absolute Gasteiger partial charge is 0.253 e. The molecule has 2 amide bonds. The molecule has 0 saturated carbocycles. The van der Waals surface area contributed by atoms with E-state index in [1.165, 1.54) is 0 Å². The standard InChI is InChI=1S/C23H26ClN3O3/c24-19-5-3-17(4-6-19)23(29)27-11-1-2-18(16-27)22(28)25-20-7-9-21(10-8-20)26-12-14-30-15-13-26/h3-10,18H,1-2,11-16H2,(H,25,28)/t18-/m1/s1. The molecule has 2 aromatic rings. The van der Waals surface area contributed by atoms with Gasteiger partial charge in [0.25, 0.3) is 5.91 Å². The maximum atomic E-state index is 12.8. The van der Waals surface area contributed by atoms with Crippen molar-refractivity contribution < 1.29 is 14.3 Å². The lowest BCUT2D eigenvalue weighted by molar-refractivity contribution is -0.121. The summed E-state index contributed by atoms with van der Waals surface area (Å²) < 4.78 is 5.39. The van der Waals surface area contributed by atoms with Crippen LogP contribution in [0.15, 0.2) is 48.5 Å². The second kappa shape index (κ2) is 9.49. The minimum atomic E-state index is -0.214. The van der Waals surface area contributed by atoms with Gasteiger partial charge in [-0.3, -0.25) is 9.59 Å². The fourth-order valence-corrected chi connectivity index (χ4v) is 4.10. The zero-order valence-corrected chi connectivity index (χ0v) is 17.6. The van der Waals surface area contributed by atoms with Crippen LogP contribution in [0.3, 0.4) is 0 Å². The van der Waals surface area contributed by atoms with Crippen molar-refractivity contribution in [2.45, 2.75) is 12.8 Å². The van der Waals surface area contributed by atoms with Crippen LogP contribution in [0.5, 0.6) is 0 Å². The largest absolute Gasteiger partial charge is 0.378 e. The molecule has 0 radical (unpaired) electrons. The van der Waals surface area contributed by atoms with E-state index < -0.39 is 0 Å². The second-order valence-electron chi connectivity index (χ2n) is 7.73. The van der Waals surface area contributed by atoms with E-state index >= 15 is 0 Å². The summed E-state index contributed by atoms with van der Waals surface area (Å²) in [5, 5.41) is 3.61. The normalized spacial score (nSPS) is 19.4. The number of carbonyl (C=O) groups excluding carboxylic acids is 2. The van der Waals surface area contributed by atoms with Crippen LogP contribution in [0.1, 0.15) is 23.2 Å². The molecule has 2 fully saturated rings. The maximum absolute atomic E-state index is 12.8. The Hall–Kier alpha value is -2.57. The number of nitrogens with one attached hydrogen (secondary N) is 1. The SMILES string of the molecule is O=C(Nc1ccc(N2CCOCC2)cc1)[C@@H]1CCCN(C(=O)c2ccc(Cl)cc2)C1. The van der Waals surface area contributed by atoms with Gasteiger partial charge in [0.2, 0.25) is 5.91 Å². The summed E-state index contributed by atoms with van der Waals surface area (Å²) in [6.07, 6.45) is 1.59. The van der Waals surface area contributed by atoms with Gasteiger partial charge in [-0.05, 0) is 61.4 Å². The van der Waals surface area contributed by atoms with Crippen molar-refractivity contribution >= 4 is 34.8 Å². The zero-order valence-electron chi connectivity index (χ0n) is 16.9. The molecular formula is C23H26ClN3O3. The van der Waals surface area contributed by atoms with Gasteiger partial charge in [-0.25, -0.2) is 0 Å². The molecular weight excluding hydrogens is 402 g/mol. The summed E-state index contributed by atoms with van der Waals surface area (Å²) in [5.74, 6) is -0.310. The predicted octanol–water partition coefficient (Wildman–Crippen LogP) is 3.67. The monoisotopic (exact) mass is 427 g/mol. The van der Waals surface area contributed by atoms with Crippen LogP contribution in [-0.4, -0.2) is 56.1 Å². The maximum Gasteiger partial charge on any atom is 0.253 e. The van der Waals surface area contributed by atoms with Crippen molar-refractivity contribution in [3.63, 3.8) is 0 Å². The number of ether oxygens (including phenoxy) is 1. The van der Waals surface area contributed by atoms with E-state index in [0.29, 0.717) is 23.7 Å². The van der Waals surface area contributed by atoms with Crippen LogP contribution < -0.4 is 10.2 Å². The molecule has 1 N–H and O–H groups in total. The summed E-state index contributed by atoms with van der Waals surface area (Å²) in [4.78, 5) is 29.6. The Morgan fingerprint density at radius 3 is 2.37 bits per heavy atom. The molecule has 6 nitrogen and oxygen atoms in total.